The number of anilines is 3. The van der Waals surface area contributed by atoms with Crippen LogP contribution in [-0.4, -0.2) is 64.9 Å². The number of nitrogens with one attached hydrogen (secondary N) is 2. The lowest BCUT2D eigenvalue weighted by Crippen LogP contribution is -2.41. The van der Waals surface area contributed by atoms with E-state index in [1.807, 2.05) is 30.5 Å². The molecule has 0 radical (unpaired) electrons. The van der Waals surface area contributed by atoms with Crippen LogP contribution in [0.5, 0.6) is 0 Å². The molecular formula is C34H52N8O3Si2. The van der Waals surface area contributed by atoms with Crippen molar-refractivity contribution in [2.75, 3.05) is 23.8 Å². The summed E-state index contributed by atoms with van der Waals surface area (Å²) in [6, 6.07) is 10.8. The molecule has 0 amide bonds. The highest BCUT2D eigenvalue weighted by molar-refractivity contribution is 6.76. The first kappa shape index (κ1) is 36.2. The molecule has 47 heavy (non-hydrogen) atoms. The first-order chi connectivity index (χ1) is 22.0. The summed E-state index contributed by atoms with van der Waals surface area (Å²) < 4.78 is 15.6. The van der Waals surface area contributed by atoms with Gasteiger partial charge in [0.2, 0.25) is 0 Å². The Labute approximate surface area is 281 Å². The summed E-state index contributed by atoms with van der Waals surface area (Å²) in [4.78, 5) is 31.4. The van der Waals surface area contributed by atoms with Crippen LogP contribution in [0, 0.1) is 0 Å². The monoisotopic (exact) mass is 676 g/mol. The Bertz CT molecular complexity index is 1680. The normalized spacial score (nSPS) is 13.1. The van der Waals surface area contributed by atoms with E-state index in [0.29, 0.717) is 36.2 Å². The summed E-state index contributed by atoms with van der Waals surface area (Å²) in [5.74, 6) is 1.45. The largest absolute Gasteiger partial charge is 0.417 e. The van der Waals surface area contributed by atoms with Crippen molar-refractivity contribution in [2.24, 2.45) is 7.05 Å². The van der Waals surface area contributed by atoms with E-state index in [0.717, 1.165) is 29.4 Å². The Morgan fingerprint density at radius 3 is 2.40 bits per heavy atom. The Morgan fingerprint density at radius 2 is 1.72 bits per heavy atom. The average Bonchev–Trinajstić information content (AvgIpc) is 3.28. The number of pyridine rings is 2. The number of nitrogens with zero attached hydrogens (tertiary/aromatic N) is 6. The van der Waals surface area contributed by atoms with Crippen LogP contribution in [0.2, 0.25) is 43.8 Å². The van der Waals surface area contributed by atoms with Crippen molar-refractivity contribution >= 4 is 33.7 Å². The number of hydrogen-bond acceptors (Lipinski definition) is 9. The maximum atomic E-state index is 13.1. The van der Waals surface area contributed by atoms with E-state index in [1.54, 1.807) is 36.4 Å². The van der Waals surface area contributed by atoms with Crippen LogP contribution in [0.3, 0.4) is 0 Å². The predicted octanol–water partition coefficient (Wildman–Crippen LogP) is 7.37. The van der Waals surface area contributed by atoms with Crippen LogP contribution >= 0.6 is 0 Å². The third-order valence-corrected chi connectivity index (χ3v) is 14.9. The molecule has 4 rings (SSSR count). The molecule has 4 aromatic rings. The summed E-state index contributed by atoms with van der Waals surface area (Å²) >= 11 is 0. The molecular weight excluding hydrogens is 625 g/mol. The maximum Gasteiger partial charge on any atom is 0.277 e. The quantitative estimate of drug-likeness (QED) is 0.0982. The molecule has 0 unspecified atom stereocenters. The topological polar surface area (TPSA) is 121 Å². The lowest BCUT2D eigenvalue weighted by Gasteiger charge is -2.36. The van der Waals surface area contributed by atoms with Gasteiger partial charge in [0.15, 0.2) is 14.1 Å². The highest BCUT2D eigenvalue weighted by Crippen LogP contribution is 2.37. The van der Waals surface area contributed by atoms with E-state index in [1.165, 1.54) is 4.68 Å². The molecule has 1 atom stereocenters. The van der Waals surface area contributed by atoms with Gasteiger partial charge in [0.25, 0.3) is 5.56 Å². The average molecular weight is 677 g/mol. The molecule has 0 aliphatic carbocycles. The smallest absolute Gasteiger partial charge is 0.277 e. The summed E-state index contributed by atoms with van der Waals surface area (Å²) in [7, 11) is -1.31. The molecule has 254 valence electrons. The minimum atomic E-state index is -1.83. The second kappa shape index (κ2) is 15.1. The van der Waals surface area contributed by atoms with Gasteiger partial charge < -0.3 is 19.8 Å². The summed E-state index contributed by atoms with van der Waals surface area (Å²) in [5.41, 5.74) is 2.84. The van der Waals surface area contributed by atoms with E-state index >= 15 is 0 Å². The number of ether oxygens (including phenoxy) is 1. The van der Waals surface area contributed by atoms with Gasteiger partial charge in [0, 0.05) is 76.5 Å². The summed E-state index contributed by atoms with van der Waals surface area (Å²) in [6.07, 6.45) is 7.83. The molecule has 2 N–H and O–H groups in total. The zero-order valence-electron chi connectivity index (χ0n) is 29.7. The van der Waals surface area contributed by atoms with Gasteiger partial charge in [0.05, 0.1) is 5.69 Å². The fourth-order valence-electron chi connectivity index (χ4n) is 4.50. The molecule has 13 heteroatoms. The lowest BCUT2D eigenvalue weighted by molar-refractivity contribution is 0.0703. The van der Waals surface area contributed by atoms with Crippen LogP contribution in [0.25, 0.3) is 22.6 Å². The molecule has 0 aliphatic heterocycles. The number of aromatic nitrogens is 6. The molecule has 0 saturated carbocycles. The van der Waals surface area contributed by atoms with Crippen LogP contribution in [0.15, 0.2) is 59.9 Å². The van der Waals surface area contributed by atoms with Gasteiger partial charge in [-0.2, -0.15) is 0 Å². The third kappa shape index (κ3) is 9.92. The van der Waals surface area contributed by atoms with E-state index < -0.39 is 16.4 Å². The van der Waals surface area contributed by atoms with Crippen molar-refractivity contribution in [3.8, 4) is 22.6 Å². The standard InChI is InChI=1S/C34H52N8O3Si2/c1-25(15-18-45-47(9,10)34(2,3)4)38-29-21-31(37-22-26(29)28-13-11-12-16-35-28)39-30-14-17-36-32(40-30)27-23-42(41(5)33(27)43)24-44-19-20-46(6,7)8/h11-14,16-17,21-23,25H,15,18-20,24H2,1-10H3,(H2,36,37,38,39,40)/t25-/m0/s1. The Morgan fingerprint density at radius 1 is 0.957 bits per heavy atom. The Hall–Kier alpha value is -3.66. The second-order valence-electron chi connectivity index (χ2n) is 14.8. The fourth-order valence-corrected chi connectivity index (χ4v) is 6.32. The van der Waals surface area contributed by atoms with E-state index in [4.69, 9.17) is 9.16 Å². The Kier molecular flexibility index (Phi) is 11.6. The SMILES string of the molecule is C[C@@H](CCO[Si](C)(C)C(C)(C)C)Nc1cc(Nc2ccnc(-c3cn(COCC[Si](C)(C)C)n(C)c3=O)n2)ncc1-c1ccccn1. The fraction of sp³-hybridized carbons (Fsp3) is 0.500. The highest BCUT2D eigenvalue weighted by atomic mass is 28.4. The maximum absolute atomic E-state index is 13.1. The van der Waals surface area contributed by atoms with E-state index in [2.05, 4.69) is 91.0 Å². The van der Waals surface area contributed by atoms with E-state index in [9.17, 15) is 4.79 Å². The molecule has 4 heterocycles. The molecule has 0 aliphatic rings. The van der Waals surface area contributed by atoms with Crippen LogP contribution in [0.1, 0.15) is 34.1 Å². The second-order valence-corrected chi connectivity index (χ2v) is 25.3. The van der Waals surface area contributed by atoms with Crippen LogP contribution in [0.4, 0.5) is 17.3 Å². The van der Waals surface area contributed by atoms with Gasteiger partial charge in [-0.3, -0.25) is 19.1 Å². The van der Waals surface area contributed by atoms with Gasteiger partial charge in [-0.05, 0) is 55.7 Å². The minimum absolute atomic E-state index is 0.142. The predicted molar refractivity (Wildman–Crippen MR) is 196 cm³/mol. The van der Waals surface area contributed by atoms with Crippen molar-refractivity contribution in [3.63, 3.8) is 0 Å². The molecule has 0 aromatic carbocycles. The number of rotatable bonds is 15. The molecule has 0 bridgehead atoms. The van der Waals surface area contributed by atoms with Crippen molar-refractivity contribution in [2.45, 2.75) is 90.7 Å². The first-order valence-corrected chi connectivity index (χ1v) is 22.9. The lowest BCUT2D eigenvalue weighted by atomic mass is 10.1. The van der Waals surface area contributed by atoms with E-state index in [-0.39, 0.29) is 23.4 Å². The van der Waals surface area contributed by atoms with Crippen LogP contribution in [-0.2, 0) is 22.9 Å². The Balaban J connectivity index is 1.51. The third-order valence-electron chi connectivity index (χ3n) is 8.63. The van der Waals surface area contributed by atoms with Crippen molar-refractivity contribution in [1.82, 2.24) is 29.3 Å². The molecule has 11 nitrogen and oxygen atoms in total. The van der Waals surface area contributed by atoms with Gasteiger partial charge in [0.1, 0.15) is 23.9 Å². The van der Waals surface area contributed by atoms with Gasteiger partial charge in [-0.1, -0.05) is 46.5 Å². The zero-order chi connectivity index (χ0) is 34.4. The number of hydrogen-bond donors (Lipinski definition) is 2. The molecule has 4 aromatic heterocycles. The van der Waals surface area contributed by atoms with Gasteiger partial charge >= 0.3 is 0 Å². The highest BCUT2D eigenvalue weighted by Gasteiger charge is 2.37. The molecule has 0 fully saturated rings. The molecule has 0 saturated heterocycles. The van der Waals surface area contributed by atoms with Crippen molar-refractivity contribution in [3.05, 3.63) is 65.5 Å². The minimum Gasteiger partial charge on any atom is -0.417 e. The van der Waals surface area contributed by atoms with Crippen molar-refractivity contribution < 1.29 is 9.16 Å². The first-order valence-electron chi connectivity index (χ1n) is 16.3. The van der Waals surface area contributed by atoms with Gasteiger partial charge in [-0.15, -0.1) is 0 Å². The summed E-state index contributed by atoms with van der Waals surface area (Å²) in [6.45, 7) is 22.1. The zero-order valence-corrected chi connectivity index (χ0v) is 31.7. The van der Waals surface area contributed by atoms with Crippen LogP contribution < -0.4 is 16.2 Å². The van der Waals surface area contributed by atoms with Crippen molar-refractivity contribution in [1.29, 1.82) is 0 Å². The van der Waals surface area contributed by atoms with Gasteiger partial charge in [-0.25, -0.2) is 15.0 Å². The summed E-state index contributed by atoms with van der Waals surface area (Å²) in [5, 5.41) is 7.14. The molecule has 0 spiro atoms.